The topological polar surface area (TPSA) is 341 Å². The molecule has 2 saturated heterocycles. The smallest absolute Gasteiger partial charge is 0.338 e. The number of ether oxygens (including phenoxy) is 8. The molecule has 4 fully saturated rings. The van der Waals surface area contributed by atoms with Gasteiger partial charge in [0, 0.05) is 42.9 Å². The third-order valence-corrected chi connectivity index (χ3v) is 17.8. The van der Waals surface area contributed by atoms with Crippen LogP contribution in [0.5, 0.6) is 0 Å². The first-order chi connectivity index (χ1) is 40.2. The van der Waals surface area contributed by atoms with E-state index in [0.717, 1.165) is 24.6 Å². The minimum Gasteiger partial charge on any atom is -0.463 e. The van der Waals surface area contributed by atoms with Gasteiger partial charge in [-0.2, -0.15) is 0 Å². The zero-order valence-electron chi connectivity index (χ0n) is 47.2. The number of H-pyrrole nitrogens is 1. The quantitative estimate of drug-likeness (QED) is 0.0501. The second-order valence-electron chi connectivity index (χ2n) is 22.8. The van der Waals surface area contributed by atoms with E-state index in [0.29, 0.717) is 5.56 Å². The van der Waals surface area contributed by atoms with Gasteiger partial charge in [-0.1, -0.05) is 87.5 Å². The van der Waals surface area contributed by atoms with Crippen LogP contribution in [0, 0.1) is 16.7 Å². The summed E-state index contributed by atoms with van der Waals surface area (Å²) in [5.74, 6) is -8.09. The maximum atomic E-state index is 14.8. The molecule has 2 bridgehead atoms. The lowest BCUT2D eigenvalue weighted by molar-refractivity contribution is -0.349. The number of carbonyl (C=O) groups excluding carboxylic acids is 7. The molecule has 4 aromatic rings. The van der Waals surface area contributed by atoms with Gasteiger partial charge in [-0.15, -0.1) is 0 Å². The van der Waals surface area contributed by atoms with Crippen molar-refractivity contribution in [2.75, 3.05) is 13.2 Å². The Morgan fingerprint density at radius 2 is 1.44 bits per heavy atom. The summed E-state index contributed by atoms with van der Waals surface area (Å²) in [5, 5.41) is 50.6. The van der Waals surface area contributed by atoms with Gasteiger partial charge in [-0.05, 0) is 76.7 Å². The third-order valence-electron chi connectivity index (χ3n) is 17.3. The molecule has 454 valence electrons. The molecular formula is C60H66BrN3O21. The molecule has 3 heterocycles. The van der Waals surface area contributed by atoms with Crippen molar-refractivity contribution in [3.05, 3.63) is 150 Å². The Bertz CT molecular complexity index is 3370. The minimum atomic E-state index is -2.43. The summed E-state index contributed by atoms with van der Waals surface area (Å²) in [4.78, 5) is 125. The van der Waals surface area contributed by atoms with E-state index in [2.05, 4.69) is 21.2 Å². The highest BCUT2D eigenvalue weighted by molar-refractivity contribution is 9.10. The third kappa shape index (κ3) is 11.9. The number of aliphatic hydroxyl groups excluding tert-OH is 3. The number of hydrogen-bond acceptors (Lipinski definition) is 21. The number of fused-ring (bicyclic) bond motifs is 5. The van der Waals surface area contributed by atoms with Gasteiger partial charge in [-0.3, -0.25) is 38.3 Å². The molecule has 24 nitrogen and oxygen atoms in total. The molecule has 3 aromatic carbocycles. The number of carbonyl (C=O) groups is 7. The average molecular weight is 1250 g/mol. The SMILES string of the molecule is CC(=O)O[C@@H]1C2=C(C)[C@@H](OC(=O)[C@H](O)[C@@H](NC(=O)c3ccccc3)c3ccccc3)C[C@@](O)([C@@H](OC(=O)c3ccccc3)[C@H]3[C@@](C)(CC[C@H]4OC[C@]43OC(C)=O)[C@H]1OC(=O)CCC(=O)OC[C@H]1O[C@@H](n3cc(Br)c(=O)[nH]c3=O)[C@H](O)[C@@H]1O)C2(C)C. The predicted molar refractivity (Wildman–Crippen MR) is 296 cm³/mol. The molecule has 15 atom stereocenters. The summed E-state index contributed by atoms with van der Waals surface area (Å²) in [6.07, 6.45) is -16.9. The van der Waals surface area contributed by atoms with Crippen LogP contribution in [-0.4, -0.2) is 151 Å². The highest BCUT2D eigenvalue weighted by Gasteiger charge is 2.77. The summed E-state index contributed by atoms with van der Waals surface area (Å²) < 4.78 is 50.0. The Kier molecular flexibility index (Phi) is 17.9. The molecule has 0 spiro atoms. The largest absolute Gasteiger partial charge is 0.463 e. The number of nitrogens with zero attached hydrogens (tertiary/aromatic N) is 1. The van der Waals surface area contributed by atoms with E-state index in [4.69, 9.17) is 37.9 Å². The molecule has 6 N–H and O–H groups in total. The normalized spacial score (nSPS) is 30.7. The monoisotopic (exact) mass is 1240 g/mol. The number of esters is 6. The number of rotatable bonds is 17. The van der Waals surface area contributed by atoms with Crippen LogP contribution in [0.15, 0.2) is 122 Å². The van der Waals surface area contributed by atoms with Crippen molar-refractivity contribution in [2.24, 2.45) is 16.7 Å². The van der Waals surface area contributed by atoms with E-state index in [1.165, 1.54) is 19.1 Å². The second kappa shape index (κ2) is 24.5. The van der Waals surface area contributed by atoms with Gasteiger partial charge >= 0.3 is 41.5 Å². The minimum absolute atomic E-state index is 0.00417. The number of aromatic amines is 1. The van der Waals surface area contributed by atoms with Gasteiger partial charge in [0.1, 0.15) is 54.9 Å². The van der Waals surface area contributed by atoms with Crippen LogP contribution in [0.25, 0.3) is 0 Å². The van der Waals surface area contributed by atoms with E-state index in [1.807, 2.05) is 4.98 Å². The second-order valence-corrected chi connectivity index (χ2v) is 23.7. The highest BCUT2D eigenvalue weighted by Crippen LogP contribution is 2.66. The van der Waals surface area contributed by atoms with Crippen molar-refractivity contribution in [2.45, 2.75) is 152 Å². The van der Waals surface area contributed by atoms with E-state index < -0.39 is 174 Å². The molecule has 25 heteroatoms. The predicted octanol–water partition coefficient (Wildman–Crippen LogP) is 3.36. The fraction of sp³-hybridized carbons (Fsp3) is 0.483. The van der Waals surface area contributed by atoms with Crippen molar-refractivity contribution in [3.8, 4) is 0 Å². The van der Waals surface area contributed by atoms with Crippen LogP contribution in [0.2, 0.25) is 0 Å². The maximum Gasteiger partial charge on any atom is 0.338 e. The van der Waals surface area contributed by atoms with Gasteiger partial charge in [-0.25, -0.2) is 14.4 Å². The Balaban J connectivity index is 1.10. The Hall–Kier alpha value is -7.39. The first kappa shape index (κ1) is 62.1. The van der Waals surface area contributed by atoms with Crippen LogP contribution in [0.4, 0.5) is 0 Å². The number of aliphatic hydroxyl groups is 4. The van der Waals surface area contributed by atoms with Gasteiger partial charge < -0.3 is 63.6 Å². The Morgan fingerprint density at radius 1 is 0.812 bits per heavy atom. The molecule has 1 amide bonds. The molecule has 85 heavy (non-hydrogen) atoms. The Labute approximate surface area is 494 Å². The van der Waals surface area contributed by atoms with Crippen LogP contribution < -0.4 is 16.6 Å². The van der Waals surface area contributed by atoms with E-state index in [9.17, 15) is 63.6 Å². The number of aromatic nitrogens is 2. The number of amides is 1. The summed E-state index contributed by atoms with van der Waals surface area (Å²) in [7, 11) is 0. The number of hydrogen-bond donors (Lipinski definition) is 6. The van der Waals surface area contributed by atoms with Crippen molar-refractivity contribution in [3.63, 3.8) is 0 Å². The van der Waals surface area contributed by atoms with Crippen LogP contribution >= 0.6 is 15.9 Å². The highest BCUT2D eigenvalue weighted by atomic mass is 79.9. The summed E-state index contributed by atoms with van der Waals surface area (Å²) in [6.45, 7) is 7.58. The lowest BCUT2D eigenvalue weighted by Crippen LogP contribution is -2.80. The molecule has 2 saturated carbocycles. The lowest BCUT2D eigenvalue weighted by atomic mass is 9.45. The van der Waals surface area contributed by atoms with Gasteiger partial charge in [0.15, 0.2) is 24.0 Å². The summed E-state index contributed by atoms with van der Waals surface area (Å²) in [6, 6.07) is 22.6. The molecule has 9 rings (SSSR count). The first-order valence-corrected chi connectivity index (χ1v) is 28.4. The standard InChI is InChI=1S/C60H66BrN3O21/c1-30-37(82-55(75)45(70)43(33-16-10-7-11-17-33)62-51(72)34-18-12-8-13-19-34)26-60(77)50(84-54(74)35-20-14-9-15-21-35)48-58(6,25-24-39-59(48,29-79-39)85-32(3)66)49(47(80-31(2)65)42(30)57(60,4)5)83-41(68)23-22-40(67)78-28-38-44(69)46(71)53(81-38)64-27-36(61)52(73)63-56(64)76/h7-21,27,37-39,43-50,53,69-71,77H,22-26,28-29H2,1-6H3,(H,62,72)(H,63,73,76)/t37-,38+,39+,43-,44+,45+,46+,47+,48-,49-,50-,53+,58+,59-,60+/m0/s1. The molecule has 0 unspecified atom stereocenters. The lowest BCUT2D eigenvalue weighted by Gasteiger charge is -2.68. The van der Waals surface area contributed by atoms with Crippen molar-refractivity contribution in [1.82, 2.24) is 14.9 Å². The molecule has 1 aromatic heterocycles. The molecule has 2 aliphatic heterocycles. The molecule has 3 aliphatic carbocycles. The summed E-state index contributed by atoms with van der Waals surface area (Å²) in [5.41, 5.74) is -8.56. The number of benzene rings is 3. The Morgan fingerprint density at radius 3 is 2.05 bits per heavy atom. The number of nitrogens with one attached hydrogen (secondary N) is 2. The van der Waals surface area contributed by atoms with Crippen LogP contribution in [-0.2, 0) is 61.9 Å². The van der Waals surface area contributed by atoms with Crippen LogP contribution in [0.3, 0.4) is 0 Å². The van der Waals surface area contributed by atoms with Crippen molar-refractivity contribution >= 4 is 57.7 Å². The molecule has 0 radical (unpaired) electrons. The van der Waals surface area contributed by atoms with E-state index >= 15 is 0 Å². The maximum absolute atomic E-state index is 14.8. The average Bonchev–Trinajstić information content (AvgIpc) is 0.996. The molecule has 5 aliphatic rings. The number of halogens is 1. The molecular weight excluding hydrogens is 1180 g/mol. The van der Waals surface area contributed by atoms with Gasteiger partial charge in [0.05, 0.1) is 41.4 Å². The van der Waals surface area contributed by atoms with Crippen molar-refractivity contribution in [1.29, 1.82) is 0 Å². The van der Waals surface area contributed by atoms with E-state index in [1.54, 1.807) is 99.6 Å². The fourth-order valence-corrected chi connectivity index (χ4v) is 13.3. The zero-order valence-corrected chi connectivity index (χ0v) is 48.8. The van der Waals surface area contributed by atoms with Crippen molar-refractivity contribution < 1.29 is 91.9 Å². The first-order valence-electron chi connectivity index (χ1n) is 27.6. The fourth-order valence-electron chi connectivity index (χ4n) is 13.0. The van der Waals surface area contributed by atoms with Gasteiger partial charge in [0.2, 0.25) is 0 Å². The summed E-state index contributed by atoms with van der Waals surface area (Å²) >= 11 is 3.00. The van der Waals surface area contributed by atoms with Crippen LogP contribution in [0.1, 0.15) is 112 Å². The van der Waals surface area contributed by atoms with Gasteiger partial charge in [0.25, 0.3) is 11.5 Å². The zero-order chi connectivity index (χ0) is 61.5. The van der Waals surface area contributed by atoms with E-state index in [-0.39, 0.29) is 46.2 Å².